The maximum atomic E-state index is 13.0. The van der Waals surface area contributed by atoms with Crippen LogP contribution in [0.3, 0.4) is 0 Å². The number of benzene rings is 1. The highest BCUT2D eigenvalue weighted by Gasteiger charge is 2.18. The zero-order chi connectivity index (χ0) is 18.9. The highest BCUT2D eigenvalue weighted by atomic mass is 19.1. The SMILES string of the molecule is O=C(NCCC1CCNCC1)c1cccc(C(=O)NCC(F)C(=O)O)c1. The maximum Gasteiger partial charge on any atom is 0.340 e. The molecule has 0 saturated carbocycles. The Kier molecular flexibility index (Phi) is 7.53. The second-order valence-corrected chi connectivity index (χ2v) is 6.33. The average Bonchev–Trinajstić information content (AvgIpc) is 2.66. The number of rotatable bonds is 8. The van der Waals surface area contributed by atoms with Crippen molar-refractivity contribution in [2.24, 2.45) is 5.92 Å². The molecule has 0 aliphatic carbocycles. The molecule has 7 nitrogen and oxygen atoms in total. The summed E-state index contributed by atoms with van der Waals surface area (Å²) in [5.74, 6) is -1.93. The van der Waals surface area contributed by atoms with Crippen molar-refractivity contribution in [3.8, 4) is 0 Å². The number of carboxylic acids is 1. The van der Waals surface area contributed by atoms with E-state index in [2.05, 4.69) is 16.0 Å². The Morgan fingerprint density at radius 1 is 1.15 bits per heavy atom. The molecule has 142 valence electrons. The van der Waals surface area contributed by atoms with Crippen LogP contribution in [0.25, 0.3) is 0 Å². The number of carbonyl (C=O) groups excluding carboxylic acids is 2. The van der Waals surface area contributed by atoms with Crippen LogP contribution in [0, 0.1) is 5.92 Å². The third-order valence-electron chi connectivity index (χ3n) is 4.39. The lowest BCUT2D eigenvalue weighted by Gasteiger charge is -2.22. The number of nitrogens with one attached hydrogen (secondary N) is 3. The minimum atomic E-state index is -2.17. The molecule has 0 bridgehead atoms. The van der Waals surface area contributed by atoms with E-state index in [-0.39, 0.29) is 11.5 Å². The lowest BCUT2D eigenvalue weighted by molar-refractivity contribution is -0.142. The van der Waals surface area contributed by atoms with E-state index in [9.17, 15) is 18.8 Å². The number of alkyl halides is 1. The lowest BCUT2D eigenvalue weighted by Crippen LogP contribution is -2.34. The molecule has 1 aromatic rings. The second-order valence-electron chi connectivity index (χ2n) is 6.33. The van der Waals surface area contributed by atoms with E-state index in [4.69, 9.17) is 5.11 Å². The van der Waals surface area contributed by atoms with Gasteiger partial charge in [-0.3, -0.25) is 9.59 Å². The van der Waals surface area contributed by atoms with Gasteiger partial charge in [-0.25, -0.2) is 9.18 Å². The van der Waals surface area contributed by atoms with Crippen LogP contribution in [0.5, 0.6) is 0 Å². The summed E-state index contributed by atoms with van der Waals surface area (Å²) < 4.78 is 13.0. The zero-order valence-electron chi connectivity index (χ0n) is 14.5. The fourth-order valence-corrected chi connectivity index (χ4v) is 2.84. The summed E-state index contributed by atoms with van der Waals surface area (Å²) >= 11 is 0. The Balaban J connectivity index is 1.83. The Morgan fingerprint density at radius 3 is 2.38 bits per heavy atom. The van der Waals surface area contributed by atoms with Crippen molar-refractivity contribution < 1.29 is 23.9 Å². The first kappa shape index (κ1) is 19.8. The van der Waals surface area contributed by atoms with E-state index in [0.29, 0.717) is 18.0 Å². The van der Waals surface area contributed by atoms with Gasteiger partial charge in [0.05, 0.1) is 6.54 Å². The smallest absolute Gasteiger partial charge is 0.340 e. The van der Waals surface area contributed by atoms with Gasteiger partial charge in [-0.15, -0.1) is 0 Å². The molecule has 8 heteroatoms. The van der Waals surface area contributed by atoms with Gasteiger partial charge in [0, 0.05) is 17.7 Å². The van der Waals surface area contributed by atoms with Gasteiger partial charge < -0.3 is 21.1 Å². The number of hydrogen-bond acceptors (Lipinski definition) is 4. The molecule has 0 radical (unpaired) electrons. The van der Waals surface area contributed by atoms with Crippen LogP contribution in [-0.2, 0) is 4.79 Å². The molecule has 1 aliphatic rings. The standard InChI is InChI=1S/C18H24FN3O4/c19-15(18(25)26)11-22-17(24)14-3-1-2-13(10-14)16(23)21-9-6-12-4-7-20-8-5-12/h1-3,10,12,15,20H,4-9,11H2,(H,21,23)(H,22,24)(H,25,26). The van der Waals surface area contributed by atoms with Crippen LogP contribution in [-0.4, -0.2) is 55.2 Å². The lowest BCUT2D eigenvalue weighted by atomic mass is 9.95. The minimum absolute atomic E-state index is 0.175. The van der Waals surface area contributed by atoms with E-state index in [1.165, 1.54) is 12.1 Å². The predicted octanol–water partition coefficient (Wildman–Crippen LogP) is 0.959. The topological polar surface area (TPSA) is 108 Å². The molecule has 1 saturated heterocycles. The van der Waals surface area contributed by atoms with Crippen LogP contribution < -0.4 is 16.0 Å². The summed E-state index contributed by atoms with van der Waals surface area (Å²) in [4.78, 5) is 34.6. The monoisotopic (exact) mass is 365 g/mol. The first-order chi connectivity index (χ1) is 12.5. The van der Waals surface area contributed by atoms with Gasteiger partial charge in [0.15, 0.2) is 0 Å². The second kappa shape index (κ2) is 9.86. The first-order valence-electron chi connectivity index (χ1n) is 8.71. The zero-order valence-corrected chi connectivity index (χ0v) is 14.5. The molecule has 2 amide bonds. The van der Waals surface area contributed by atoms with Gasteiger partial charge >= 0.3 is 5.97 Å². The van der Waals surface area contributed by atoms with Crippen molar-refractivity contribution >= 4 is 17.8 Å². The maximum absolute atomic E-state index is 13.0. The fraction of sp³-hybridized carbons (Fsp3) is 0.500. The summed E-state index contributed by atoms with van der Waals surface area (Å²) in [6.07, 6.45) is 0.968. The van der Waals surface area contributed by atoms with E-state index in [1.54, 1.807) is 12.1 Å². The van der Waals surface area contributed by atoms with Crippen LogP contribution in [0.2, 0.25) is 0 Å². The largest absolute Gasteiger partial charge is 0.479 e. The van der Waals surface area contributed by atoms with E-state index in [1.807, 2.05) is 0 Å². The number of halogens is 1. The van der Waals surface area contributed by atoms with E-state index in [0.717, 1.165) is 32.4 Å². The van der Waals surface area contributed by atoms with Crippen LogP contribution >= 0.6 is 0 Å². The number of carboxylic acid groups (broad SMARTS) is 1. The fourth-order valence-electron chi connectivity index (χ4n) is 2.84. The molecule has 0 aromatic heterocycles. The van der Waals surface area contributed by atoms with E-state index < -0.39 is 24.6 Å². The quantitative estimate of drug-likeness (QED) is 0.549. The third-order valence-corrected chi connectivity index (χ3v) is 4.39. The number of amides is 2. The van der Waals surface area contributed by atoms with Crippen LogP contribution in [0.15, 0.2) is 24.3 Å². The van der Waals surface area contributed by atoms with Crippen molar-refractivity contribution in [3.05, 3.63) is 35.4 Å². The first-order valence-corrected chi connectivity index (χ1v) is 8.71. The Hall–Kier alpha value is -2.48. The summed E-state index contributed by atoms with van der Waals surface area (Å²) in [7, 11) is 0. The molecule has 2 rings (SSSR count). The Morgan fingerprint density at radius 2 is 1.77 bits per heavy atom. The van der Waals surface area contributed by atoms with E-state index >= 15 is 0 Å². The molecule has 1 atom stereocenters. The van der Waals surface area contributed by atoms with Gasteiger partial charge in [-0.2, -0.15) is 0 Å². The number of piperidine rings is 1. The Bertz CT molecular complexity index is 647. The molecule has 1 fully saturated rings. The molecule has 4 N–H and O–H groups in total. The van der Waals surface area contributed by atoms with Gasteiger partial charge in [0.25, 0.3) is 11.8 Å². The molecule has 1 heterocycles. The van der Waals surface area contributed by atoms with Crippen LogP contribution in [0.4, 0.5) is 4.39 Å². The summed E-state index contributed by atoms with van der Waals surface area (Å²) in [5, 5.41) is 16.8. The molecule has 26 heavy (non-hydrogen) atoms. The molecule has 0 spiro atoms. The third kappa shape index (κ3) is 6.11. The highest BCUT2D eigenvalue weighted by molar-refractivity contribution is 5.99. The van der Waals surface area contributed by atoms with Gasteiger partial charge in [0.1, 0.15) is 0 Å². The van der Waals surface area contributed by atoms with Crippen molar-refractivity contribution in [1.82, 2.24) is 16.0 Å². The normalized spacial score (nSPS) is 15.9. The van der Waals surface area contributed by atoms with Crippen molar-refractivity contribution in [1.29, 1.82) is 0 Å². The molecule has 1 aliphatic heterocycles. The summed E-state index contributed by atoms with van der Waals surface area (Å²) in [6, 6.07) is 6.03. The Labute approximate surface area is 151 Å². The van der Waals surface area contributed by atoms with Crippen molar-refractivity contribution in [2.75, 3.05) is 26.2 Å². The molecule has 1 aromatic carbocycles. The van der Waals surface area contributed by atoms with Gasteiger partial charge in [-0.05, 0) is 56.5 Å². The van der Waals surface area contributed by atoms with Crippen LogP contribution in [0.1, 0.15) is 40.0 Å². The predicted molar refractivity (Wildman–Crippen MR) is 93.9 cm³/mol. The molecule has 1 unspecified atom stereocenters. The highest BCUT2D eigenvalue weighted by Crippen LogP contribution is 2.15. The average molecular weight is 365 g/mol. The number of hydrogen-bond donors (Lipinski definition) is 4. The van der Waals surface area contributed by atoms with Crippen molar-refractivity contribution in [2.45, 2.75) is 25.4 Å². The number of aliphatic carboxylic acids is 1. The minimum Gasteiger partial charge on any atom is -0.479 e. The van der Waals surface area contributed by atoms with Crippen molar-refractivity contribution in [3.63, 3.8) is 0 Å². The molecular weight excluding hydrogens is 341 g/mol. The summed E-state index contributed by atoms with van der Waals surface area (Å²) in [5.41, 5.74) is 0.506. The number of carbonyl (C=O) groups is 3. The van der Waals surface area contributed by atoms with Gasteiger partial charge in [0.2, 0.25) is 6.17 Å². The van der Waals surface area contributed by atoms with Gasteiger partial charge in [-0.1, -0.05) is 6.07 Å². The molecular formula is C18H24FN3O4. The summed E-state index contributed by atoms with van der Waals surface area (Å²) in [6.45, 7) is 1.97.